The van der Waals surface area contributed by atoms with Crippen molar-refractivity contribution in [2.24, 2.45) is 0 Å². The number of benzene rings is 1. The van der Waals surface area contributed by atoms with Gasteiger partial charge in [0.2, 0.25) is 0 Å². The number of nitrogens with zero attached hydrogens (tertiary/aromatic N) is 3. The highest BCUT2D eigenvalue weighted by Crippen LogP contribution is 2.29. The van der Waals surface area contributed by atoms with E-state index in [-0.39, 0.29) is 27.9 Å². The highest BCUT2D eigenvalue weighted by atomic mass is 19.4. The molecule has 12 heteroatoms. The Hall–Kier alpha value is -3.96. The number of aromatic nitrogens is 3. The van der Waals surface area contributed by atoms with E-state index in [0.717, 1.165) is 6.07 Å². The zero-order chi connectivity index (χ0) is 23.8. The molecule has 3 aromatic heterocycles. The van der Waals surface area contributed by atoms with Gasteiger partial charge in [-0.15, -0.1) is 0 Å². The average molecular weight is 464 g/mol. The van der Waals surface area contributed by atoms with Crippen molar-refractivity contribution in [3.63, 3.8) is 0 Å². The van der Waals surface area contributed by atoms with E-state index in [1.807, 2.05) is 0 Å². The fourth-order valence-electron chi connectivity index (χ4n) is 3.11. The molecule has 33 heavy (non-hydrogen) atoms. The Kier molecular flexibility index (Phi) is 5.75. The molecule has 0 bridgehead atoms. The molecule has 0 radical (unpaired) electrons. The Morgan fingerprint density at radius 3 is 2.82 bits per heavy atom. The number of fused-ring (bicyclic) bond motifs is 2. The first-order valence-electron chi connectivity index (χ1n) is 9.64. The van der Waals surface area contributed by atoms with Crippen molar-refractivity contribution in [2.75, 3.05) is 6.54 Å². The van der Waals surface area contributed by atoms with Crippen molar-refractivity contribution < 1.29 is 36.3 Å². The van der Waals surface area contributed by atoms with Crippen LogP contribution in [-0.4, -0.2) is 45.3 Å². The largest absolute Gasteiger partial charge is 0.463 e. The number of hydrogen-bond acceptors (Lipinski definition) is 6. The van der Waals surface area contributed by atoms with Crippen LogP contribution < -0.4 is 5.32 Å². The number of carbonyl (C=O) groups excluding carboxylic acids is 2. The third-order valence-electron chi connectivity index (χ3n) is 4.87. The fraction of sp³-hybridized carbons (Fsp3) is 0.238. The Morgan fingerprint density at radius 2 is 2.06 bits per heavy atom. The van der Waals surface area contributed by atoms with Gasteiger partial charge >= 0.3 is 12.1 Å². The van der Waals surface area contributed by atoms with E-state index in [9.17, 15) is 27.2 Å². The second-order valence-corrected chi connectivity index (χ2v) is 7.12. The lowest BCUT2D eigenvalue weighted by molar-refractivity contribution is -0.198. The molecule has 0 aliphatic rings. The number of halogens is 4. The molecule has 0 spiro atoms. The van der Waals surface area contributed by atoms with E-state index in [1.54, 1.807) is 12.3 Å². The third kappa shape index (κ3) is 4.49. The van der Waals surface area contributed by atoms with Gasteiger partial charge in [0, 0.05) is 17.8 Å². The number of alkyl halides is 4. The summed E-state index contributed by atoms with van der Waals surface area (Å²) in [4.78, 5) is 28.8. The van der Waals surface area contributed by atoms with Gasteiger partial charge in [0.25, 0.3) is 5.91 Å². The van der Waals surface area contributed by atoms with E-state index >= 15 is 0 Å². The number of amides is 1. The maximum absolute atomic E-state index is 15.0. The molecule has 0 aliphatic heterocycles. The number of carbonyl (C=O) groups is 2. The summed E-state index contributed by atoms with van der Waals surface area (Å²) in [5.74, 6) is -1.93. The maximum atomic E-state index is 15.0. The minimum atomic E-state index is -4.75. The van der Waals surface area contributed by atoms with Crippen molar-refractivity contribution in [3.05, 3.63) is 65.8 Å². The molecular formula is C21H16F4N4O4. The van der Waals surface area contributed by atoms with Gasteiger partial charge in [-0.3, -0.25) is 4.79 Å². The molecule has 1 N–H and O–H groups in total. The van der Waals surface area contributed by atoms with Crippen molar-refractivity contribution in [1.82, 2.24) is 19.9 Å². The van der Waals surface area contributed by atoms with E-state index in [4.69, 9.17) is 4.42 Å². The summed E-state index contributed by atoms with van der Waals surface area (Å²) in [5.41, 5.74) is -0.0162. The minimum absolute atomic E-state index is 0.0354. The Bertz CT molecular complexity index is 1330. The highest BCUT2D eigenvalue weighted by molar-refractivity contribution is 6.02. The van der Waals surface area contributed by atoms with Crippen LogP contribution in [0.25, 0.3) is 16.6 Å². The van der Waals surface area contributed by atoms with E-state index in [1.165, 1.54) is 35.3 Å². The van der Waals surface area contributed by atoms with Crippen LogP contribution in [-0.2, 0) is 4.74 Å². The molecule has 0 aliphatic carbocycles. The van der Waals surface area contributed by atoms with E-state index in [2.05, 4.69) is 20.1 Å². The predicted molar refractivity (Wildman–Crippen MR) is 106 cm³/mol. The Morgan fingerprint density at radius 1 is 1.27 bits per heavy atom. The molecule has 1 aromatic carbocycles. The molecular weight excluding hydrogens is 448 g/mol. The lowest BCUT2D eigenvalue weighted by Crippen LogP contribution is -2.31. The van der Waals surface area contributed by atoms with Crippen LogP contribution in [0.3, 0.4) is 0 Å². The summed E-state index contributed by atoms with van der Waals surface area (Å²) in [6, 6.07) is 5.48. The van der Waals surface area contributed by atoms with Crippen molar-refractivity contribution in [3.8, 4) is 0 Å². The topological polar surface area (TPSA) is 98.7 Å². The van der Waals surface area contributed by atoms with Crippen LogP contribution >= 0.6 is 0 Å². The number of esters is 1. The molecule has 4 aromatic rings. The number of rotatable bonds is 6. The van der Waals surface area contributed by atoms with Gasteiger partial charge < -0.3 is 14.5 Å². The molecule has 0 saturated carbocycles. The van der Waals surface area contributed by atoms with Crippen LogP contribution in [0.2, 0.25) is 0 Å². The monoisotopic (exact) mass is 464 g/mol. The van der Waals surface area contributed by atoms with Gasteiger partial charge in [0.05, 0.1) is 19.0 Å². The van der Waals surface area contributed by atoms with Gasteiger partial charge in [0.15, 0.2) is 11.8 Å². The summed E-state index contributed by atoms with van der Waals surface area (Å²) in [7, 11) is 0. The summed E-state index contributed by atoms with van der Waals surface area (Å²) in [6.07, 6.45) is -3.32. The summed E-state index contributed by atoms with van der Waals surface area (Å²) in [5, 5.41) is 6.70. The van der Waals surface area contributed by atoms with E-state index < -0.39 is 36.9 Å². The minimum Gasteiger partial charge on any atom is -0.463 e. The first kappa shape index (κ1) is 22.2. The smallest absolute Gasteiger partial charge is 0.425 e. The Labute approximate surface area is 183 Å². The molecule has 0 fully saturated rings. The Balaban J connectivity index is 1.53. The summed E-state index contributed by atoms with van der Waals surface area (Å²) >= 11 is 0. The molecule has 0 saturated heterocycles. The normalized spacial score (nSPS) is 13.7. The molecule has 1 amide bonds. The van der Waals surface area contributed by atoms with Crippen molar-refractivity contribution in [1.29, 1.82) is 0 Å². The molecule has 2 atom stereocenters. The second-order valence-electron chi connectivity index (χ2n) is 7.12. The standard InChI is InChI=1S/C21H16F4N4O4/c1-11(21(23,24)25)33-20(31)14-8-13(7-12-3-6-32-17(12)14)16(22)10-27-19(30)15-9-28-29-5-2-4-26-18(15)29/h2-9,11,16H,10H2,1H3,(H,27,30)/t11-,16?/m1/s1. The maximum Gasteiger partial charge on any atom is 0.425 e. The highest BCUT2D eigenvalue weighted by Gasteiger charge is 2.39. The van der Waals surface area contributed by atoms with Gasteiger partial charge in [0.1, 0.15) is 22.9 Å². The molecule has 3 heterocycles. The summed E-state index contributed by atoms with van der Waals surface area (Å²) in [6.45, 7) is 0.212. The van der Waals surface area contributed by atoms with Crippen molar-refractivity contribution in [2.45, 2.75) is 25.4 Å². The lowest BCUT2D eigenvalue weighted by Gasteiger charge is -2.17. The van der Waals surface area contributed by atoms with Crippen LogP contribution in [0.5, 0.6) is 0 Å². The number of nitrogens with one attached hydrogen (secondary N) is 1. The SMILES string of the molecule is C[C@@H](OC(=O)c1cc(C(F)CNC(=O)c2cnn3cccnc23)cc2ccoc12)C(F)(F)F. The lowest BCUT2D eigenvalue weighted by atomic mass is 10.0. The quantitative estimate of drug-likeness (QED) is 0.342. The first-order valence-corrected chi connectivity index (χ1v) is 9.64. The van der Waals surface area contributed by atoms with Gasteiger partial charge in [-0.05, 0) is 36.8 Å². The van der Waals surface area contributed by atoms with Crippen molar-refractivity contribution >= 4 is 28.5 Å². The number of ether oxygens (including phenoxy) is 1. The molecule has 4 rings (SSSR count). The van der Waals surface area contributed by atoms with Crippen LogP contribution in [0.1, 0.15) is 39.4 Å². The van der Waals surface area contributed by atoms with E-state index in [0.29, 0.717) is 12.3 Å². The van der Waals surface area contributed by atoms with Gasteiger partial charge in [-0.2, -0.15) is 18.3 Å². The van der Waals surface area contributed by atoms with Crippen LogP contribution in [0.4, 0.5) is 17.6 Å². The first-order chi connectivity index (χ1) is 15.6. The fourth-order valence-corrected chi connectivity index (χ4v) is 3.11. The number of furan rings is 1. The summed E-state index contributed by atoms with van der Waals surface area (Å²) < 4.78 is 64.3. The molecule has 172 valence electrons. The average Bonchev–Trinajstić information content (AvgIpc) is 3.42. The second kappa shape index (κ2) is 8.52. The van der Waals surface area contributed by atoms with Crippen LogP contribution in [0.15, 0.2) is 53.5 Å². The molecule has 1 unspecified atom stereocenters. The van der Waals surface area contributed by atoms with Crippen LogP contribution in [0, 0.1) is 0 Å². The van der Waals surface area contributed by atoms with Gasteiger partial charge in [-0.1, -0.05) is 0 Å². The third-order valence-corrected chi connectivity index (χ3v) is 4.87. The number of hydrogen-bond donors (Lipinski definition) is 1. The predicted octanol–water partition coefficient (Wildman–Crippen LogP) is 4.02. The zero-order valence-electron chi connectivity index (χ0n) is 17.0. The van der Waals surface area contributed by atoms with Gasteiger partial charge in [-0.25, -0.2) is 18.7 Å². The molecule has 8 nitrogen and oxygen atoms in total. The zero-order valence-corrected chi connectivity index (χ0v) is 17.0.